The van der Waals surface area contributed by atoms with Crippen LogP contribution in [0.4, 0.5) is 0 Å². The summed E-state index contributed by atoms with van der Waals surface area (Å²) in [6.45, 7) is 2.78. The summed E-state index contributed by atoms with van der Waals surface area (Å²) in [7, 11) is -4.06. The minimum atomic E-state index is -4.06. The van der Waals surface area contributed by atoms with Gasteiger partial charge in [0, 0.05) is 45.6 Å². The molecular weight excluding hydrogens is 485 g/mol. The quantitative estimate of drug-likeness (QED) is 0.585. The third kappa shape index (κ3) is 6.69. The zero-order valence-electron chi connectivity index (χ0n) is 18.3. The highest BCUT2D eigenvalue weighted by atomic mass is 35.5. The Morgan fingerprint density at radius 2 is 1.64 bits per heavy atom. The molecule has 2 aromatic carbocycles. The lowest BCUT2D eigenvalue weighted by molar-refractivity contribution is -0.130. The molecule has 1 saturated heterocycles. The summed E-state index contributed by atoms with van der Waals surface area (Å²) in [6.07, 6.45) is 1.33. The van der Waals surface area contributed by atoms with Crippen molar-refractivity contribution in [2.24, 2.45) is 0 Å². The molecule has 0 bridgehead atoms. The Morgan fingerprint density at radius 3 is 2.21 bits per heavy atom. The van der Waals surface area contributed by atoms with Crippen molar-refractivity contribution >= 4 is 45.0 Å². The van der Waals surface area contributed by atoms with E-state index in [-0.39, 0.29) is 52.3 Å². The van der Waals surface area contributed by atoms with E-state index in [0.29, 0.717) is 25.9 Å². The van der Waals surface area contributed by atoms with Gasteiger partial charge < -0.3 is 10.2 Å². The Kier molecular flexibility index (Phi) is 8.75. The molecule has 0 unspecified atom stereocenters. The second-order valence-corrected chi connectivity index (χ2v) is 10.7. The zero-order valence-corrected chi connectivity index (χ0v) is 20.7. The normalized spacial score (nSPS) is 15.0. The molecule has 0 aliphatic carbocycles. The fourth-order valence-corrected chi connectivity index (χ4v) is 6.31. The van der Waals surface area contributed by atoms with Crippen molar-refractivity contribution < 1.29 is 18.0 Å². The molecule has 3 rings (SSSR count). The maximum absolute atomic E-state index is 13.5. The molecule has 0 spiro atoms. The fourth-order valence-electron chi connectivity index (χ4n) is 3.79. The number of sulfonamides is 1. The van der Waals surface area contributed by atoms with Crippen LogP contribution in [0.5, 0.6) is 0 Å². The second-order valence-electron chi connectivity index (χ2n) is 7.97. The van der Waals surface area contributed by atoms with Crippen LogP contribution in [-0.4, -0.2) is 55.1 Å². The SMILES string of the molecule is CC(=O)N1CCC(NC(=O)CCN(Cc2ccccc2)S(=O)(=O)c2c(Cl)cccc2Cl)CC1. The van der Waals surface area contributed by atoms with E-state index in [2.05, 4.69) is 5.32 Å². The van der Waals surface area contributed by atoms with Crippen molar-refractivity contribution in [1.29, 1.82) is 0 Å². The molecule has 0 atom stereocenters. The molecule has 1 fully saturated rings. The van der Waals surface area contributed by atoms with Crippen LogP contribution >= 0.6 is 23.2 Å². The summed E-state index contributed by atoms with van der Waals surface area (Å²) in [5, 5.41) is 3.02. The van der Waals surface area contributed by atoms with Crippen molar-refractivity contribution in [3.63, 3.8) is 0 Å². The Balaban J connectivity index is 1.71. The van der Waals surface area contributed by atoms with Gasteiger partial charge in [-0.2, -0.15) is 4.31 Å². The highest BCUT2D eigenvalue weighted by molar-refractivity contribution is 7.89. The lowest BCUT2D eigenvalue weighted by Gasteiger charge is -2.32. The summed E-state index contributed by atoms with van der Waals surface area (Å²) >= 11 is 12.4. The van der Waals surface area contributed by atoms with Gasteiger partial charge in [-0.1, -0.05) is 59.6 Å². The number of benzene rings is 2. The summed E-state index contributed by atoms with van der Waals surface area (Å²) < 4.78 is 28.2. The molecule has 0 aromatic heterocycles. The van der Waals surface area contributed by atoms with E-state index >= 15 is 0 Å². The van der Waals surface area contributed by atoms with Crippen LogP contribution in [-0.2, 0) is 26.2 Å². The number of nitrogens with one attached hydrogen (secondary N) is 1. The first-order chi connectivity index (χ1) is 15.7. The molecular formula is C23H27Cl2N3O4S. The summed E-state index contributed by atoms with van der Waals surface area (Å²) in [6, 6.07) is 13.6. The van der Waals surface area contributed by atoms with Gasteiger partial charge in [0.15, 0.2) is 0 Å². The van der Waals surface area contributed by atoms with E-state index < -0.39 is 10.0 Å². The van der Waals surface area contributed by atoms with Crippen LogP contribution in [0, 0.1) is 0 Å². The highest BCUT2D eigenvalue weighted by Gasteiger charge is 2.30. The molecule has 0 saturated carbocycles. The molecule has 178 valence electrons. The smallest absolute Gasteiger partial charge is 0.246 e. The number of hydrogen-bond acceptors (Lipinski definition) is 4. The number of piperidine rings is 1. The Hall–Kier alpha value is -2.13. The number of hydrogen-bond donors (Lipinski definition) is 1. The average Bonchev–Trinajstić information content (AvgIpc) is 2.77. The molecule has 1 aliphatic rings. The Bertz CT molecular complexity index is 1070. The van der Waals surface area contributed by atoms with Crippen LogP contribution in [0.25, 0.3) is 0 Å². The minimum Gasteiger partial charge on any atom is -0.353 e. The third-order valence-corrected chi connectivity index (χ3v) is 8.41. The molecule has 33 heavy (non-hydrogen) atoms. The van der Waals surface area contributed by atoms with E-state index in [1.165, 1.54) is 23.4 Å². The summed E-state index contributed by atoms with van der Waals surface area (Å²) in [5.74, 6) is -0.213. The predicted molar refractivity (Wildman–Crippen MR) is 129 cm³/mol. The lowest BCUT2D eigenvalue weighted by Crippen LogP contribution is -2.46. The molecule has 7 nitrogen and oxygen atoms in total. The van der Waals surface area contributed by atoms with Crippen molar-refractivity contribution in [3.8, 4) is 0 Å². The third-order valence-electron chi connectivity index (χ3n) is 5.61. The Labute approximate surface area is 204 Å². The first-order valence-electron chi connectivity index (χ1n) is 10.7. The number of nitrogens with zero attached hydrogens (tertiary/aromatic N) is 2. The summed E-state index contributed by atoms with van der Waals surface area (Å²) in [5.41, 5.74) is 0.779. The molecule has 2 aromatic rings. The van der Waals surface area contributed by atoms with Gasteiger partial charge >= 0.3 is 0 Å². The lowest BCUT2D eigenvalue weighted by atomic mass is 10.0. The number of likely N-dealkylation sites (tertiary alicyclic amines) is 1. The van der Waals surface area contributed by atoms with Gasteiger partial charge in [0.25, 0.3) is 0 Å². The van der Waals surface area contributed by atoms with Gasteiger partial charge in [-0.15, -0.1) is 0 Å². The van der Waals surface area contributed by atoms with Gasteiger partial charge in [0.1, 0.15) is 4.90 Å². The van der Waals surface area contributed by atoms with Gasteiger partial charge in [0.05, 0.1) is 10.0 Å². The molecule has 10 heteroatoms. The van der Waals surface area contributed by atoms with Crippen LogP contribution in [0.2, 0.25) is 10.0 Å². The molecule has 1 N–H and O–H groups in total. The number of amides is 2. The molecule has 1 heterocycles. The highest BCUT2D eigenvalue weighted by Crippen LogP contribution is 2.32. The minimum absolute atomic E-state index is 0.0128. The van der Waals surface area contributed by atoms with E-state index in [4.69, 9.17) is 23.2 Å². The van der Waals surface area contributed by atoms with Gasteiger partial charge in [-0.25, -0.2) is 8.42 Å². The average molecular weight is 512 g/mol. The standard InChI is InChI=1S/C23H27Cl2N3O4S/c1-17(29)27-13-10-19(11-14-27)26-22(30)12-15-28(16-18-6-3-2-4-7-18)33(31,32)23-20(24)8-5-9-21(23)25/h2-9,19H,10-16H2,1H3,(H,26,30). The molecule has 0 radical (unpaired) electrons. The maximum atomic E-state index is 13.5. The zero-order chi connectivity index (χ0) is 24.0. The van der Waals surface area contributed by atoms with E-state index in [0.717, 1.165) is 5.56 Å². The van der Waals surface area contributed by atoms with E-state index in [9.17, 15) is 18.0 Å². The van der Waals surface area contributed by atoms with Crippen molar-refractivity contribution in [2.45, 2.75) is 43.7 Å². The first-order valence-corrected chi connectivity index (χ1v) is 12.9. The van der Waals surface area contributed by atoms with Gasteiger partial charge in [0.2, 0.25) is 21.8 Å². The van der Waals surface area contributed by atoms with Crippen LogP contribution in [0.1, 0.15) is 31.7 Å². The van der Waals surface area contributed by atoms with E-state index in [1.54, 1.807) is 11.0 Å². The van der Waals surface area contributed by atoms with E-state index in [1.807, 2.05) is 30.3 Å². The van der Waals surface area contributed by atoms with Crippen LogP contribution in [0.3, 0.4) is 0 Å². The van der Waals surface area contributed by atoms with Gasteiger partial charge in [-0.3, -0.25) is 9.59 Å². The van der Waals surface area contributed by atoms with Crippen molar-refractivity contribution in [3.05, 3.63) is 64.1 Å². The monoisotopic (exact) mass is 511 g/mol. The fraction of sp³-hybridized carbons (Fsp3) is 0.391. The first kappa shape index (κ1) is 25.5. The Morgan fingerprint density at radius 1 is 1.03 bits per heavy atom. The summed E-state index contributed by atoms with van der Waals surface area (Å²) in [4.78, 5) is 25.7. The number of carbonyl (C=O) groups excluding carboxylic acids is 2. The molecule has 2 amide bonds. The number of carbonyl (C=O) groups is 2. The van der Waals surface area contributed by atoms with Crippen LogP contribution in [0.15, 0.2) is 53.4 Å². The van der Waals surface area contributed by atoms with Crippen LogP contribution < -0.4 is 5.32 Å². The molecule has 1 aliphatic heterocycles. The second kappa shape index (κ2) is 11.3. The number of rotatable bonds is 8. The van der Waals surface area contributed by atoms with Crippen molar-refractivity contribution in [2.75, 3.05) is 19.6 Å². The van der Waals surface area contributed by atoms with Crippen molar-refractivity contribution in [1.82, 2.24) is 14.5 Å². The topological polar surface area (TPSA) is 86.8 Å². The van der Waals surface area contributed by atoms with Gasteiger partial charge in [-0.05, 0) is 30.5 Å². The largest absolute Gasteiger partial charge is 0.353 e. The number of halogens is 2. The maximum Gasteiger partial charge on any atom is 0.246 e. The predicted octanol–water partition coefficient (Wildman–Crippen LogP) is 3.70.